The maximum atomic E-state index is 4.79. The van der Waals surface area contributed by atoms with Crippen molar-refractivity contribution in [2.75, 3.05) is 0 Å². The van der Waals surface area contributed by atoms with Gasteiger partial charge >= 0.3 is 0 Å². The Bertz CT molecular complexity index is 1160. The fourth-order valence-corrected chi connectivity index (χ4v) is 4.48. The molecule has 1 aromatic carbocycles. The first kappa shape index (κ1) is 18.8. The van der Waals surface area contributed by atoms with Gasteiger partial charge in [-0.05, 0) is 74.6 Å². The lowest BCUT2D eigenvalue weighted by Crippen LogP contribution is -2.26. The van der Waals surface area contributed by atoms with E-state index in [0.717, 1.165) is 25.1 Å². The average molecular weight is 398 g/mol. The van der Waals surface area contributed by atoms with Gasteiger partial charge in [-0.25, -0.2) is 4.68 Å². The molecular weight excluding hydrogens is 370 g/mol. The Balaban J connectivity index is 1.39. The molecule has 0 saturated heterocycles. The lowest BCUT2D eigenvalue weighted by Gasteiger charge is -2.25. The van der Waals surface area contributed by atoms with Crippen molar-refractivity contribution in [3.8, 4) is 11.4 Å². The molecule has 0 aliphatic heterocycles. The molecule has 5 rings (SSSR count). The number of benzene rings is 1. The molecule has 1 aliphatic rings. The monoisotopic (exact) mass is 397 g/mol. The van der Waals surface area contributed by atoms with Crippen LogP contribution in [-0.2, 0) is 13.0 Å². The van der Waals surface area contributed by atoms with Crippen molar-refractivity contribution >= 4 is 0 Å². The highest BCUT2D eigenvalue weighted by molar-refractivity contribution is 5.46. The first-order chi connectivity index (χ1) is 14.7. The molecule has 30 heavy (non-hydrogen) atoms. The van der Waals surface area contributed by atoms with Crippen molar-refractivity contribution < 1.29 is 0 Å². The van der Waals surface area contributed by atoms with Crippen LogP contribution in [0.4, 0.5) is 0 Å². The second kappa shape index (κ2) is 7.92. The molecule has 0 amide bonds. The fraction of sp³-hybridized carbons (Fsp3) is 0.280. The van der Waals surface area contributed by atoms with Gasteiger partial charge in [0.1, 0.15) is 0 Å². The molecular formula is C25H27N5. The lowest BCUT2D eigenvalue weighted by molar-refractivity contribution is 0.450. The molecule has 0 bridgehead atoms. The van der Waals surface area contributed by atoms with Crippen LogP contribution in [0.5, 0.6) is 0 Å². The van der Waals surface area contributed by atoms with Crippen LogP contribution < -0.4 is 5.32 Å². The van der Waals surface area contributed by atoms with E-state index in [4.69, 9.17) is 5.10 Å². The minimum Gasteiger partial charge on any atom is -0.318 e. The number of pyridine rings is 1. The van der Waals surface area contributed by atoms with E-state index in [-0.39, 0.29) is 0 Å². The topological polar surface area (TPSA) is 47.7 Å². The van der Waals surface area contributed by atoms with Crippen LogP contribution in [0.2, 0.25) is 0 Å². The van der Waals surface area contributed by atoms with Gasteiger partial charge in [0.25, 0.3) is 0 Å². The number of fused-ring (bicyclic) bond motifs is 1. The molecule has 3 heterocycles. The molecule has 4 aromatic rings. The highest BCUT2D eigenvalue weighted by Gasteiger charge is 2.25. The van der Waals surface area contributed by atoms with E-state index in [1.54, 1.807) is 0 Å². The normalized spacial score (nSPS) is 15.9. The lowest BCUT2D eigenvalue weighted by atomic mass is 9.92. The maximum absolute atomic E-state index is 4.79. The van der Waals surface area contributed by atoms with Gasteiger partial charge in [0.05, 0.1) is 23.8 Å². The molecule has 1 aliphatic carbocycles. The SMILES string of the molecule is Cc1cccc(-n2ncc3c2CCCC3NCc2cccn2-c2cccnc2)c1C. The predicted molar refractivity (Wildman–Crippen MR) is 119 cm³/mol. The van der Waals surface area contributed by atoms with E-state index in [9.17, 15) is 0 Å². The van der Waals surface area contributed by atoms with Crippen molar-refractivity contribution in [1.82, 2.24) is 24.6 Å². The maximum Gasteiger partial charge on any atom is 0.0680 e. The summed E-state index contributed by atoms with van der Waals surface area (Å²) in [7, 11) is 0. The molecule has 3 aromatic heterocycles. The minimum atomic E-state index is 0.324. The standard InChI is InChI=1S/C25H27N5/c1-18-7-3-11-24(19(18)2)30-25-12-4-10-23(22(25)17-28-30)27-16-21-9-6-14-29(21)20-8-5-13-26-15-20/h3,5-9,11,13-15,17,23,27H,4,10,12,16H2,1-2H3. The molecule has 152 valence electrons. The van der Waals surface area contributed by atoms with Crippen LogP contribution in [0, 0.1) is 13.8 Å². The summed E-state index contributed by atoms with van der Waals surface area (Å²) in [5.41, 5.74) is 8.80. The smallest absolute Gasteiger partial charge is 0.0680 e. The first-order valence-electron chi connectivity index (χ1n) is 10.7. The highest BCUT2D eigenvalue weighted by Crippen LogP contribution is 2.32. The molecule has 1 N–H and O–H groups in total. The third-order valence-corrected chi connectivity index (χ3v) is 6.27. The Kier molecular flexibility index (Phi) is 4.97. The van der Waals surface area contributed by atoms with Crippen LogP contribution in [-0.4, -0.2) is 19.3 Å². The number of hydrogen-bond acceptors (Lipinski definition) is 3. The zero-order chi connectivity index (χ0) is 20.5. The molecule has 1 unspecified atom stereocenters. The summed E-state index contributed by atoms with van der Waals surface area (Å²) in [5, 5.41) is 8.58. The molecule has 0 spiro atoms. The number of aryl methyl sites for hydroxylation is 1. The fourth-order valence-electron chi connectivity index (χ4n) is 4.48. The van der Waals surface area contributed by atoms with E-state index < -0.39 is 0 Å². The average Bonchev–Trinajstić information content (AvgIpc) is 3.42. The Morgan fingerprint density at radius 2 is 2.00 bits per heavy atom. The molecule has 0 radical (unpaired) electrons. The Morgan fingerprint density at radius 3 is 2.87 bits per heavy atom. The second-order valence-corrected chi connectivity index (χ2v) is 8.08. The van der Waals surface area contributed by atoms with E-state index in [2.05, 4.69) is 82.2 Å². The van der Waals surface area contributed by atoms with Crippen molar-refractivity contribution in [2.24, 2.45) is 0 Å². The van der Waals surface area contributed by atoms with Gasteiger partial charge in [0.2, 0.25) is 0 Å². The van der Waals surface area contributed by atoms with Crippen LogP contribution in [0.15, 0.2) is 67.3 Å². The van der Waals surface area contributed by atoms with Gasteiger partial charge in [0.15, 0.2) is 0 Å². The van der Waals surface area contributed by atoms with E-state index in [1.165, 1.54) is 40.2 Å². The molecule has 5 nitrogen and oxygen atoms in total. The van der Waals surface area contributed by atoms with Gasteiger partial charge in [-0.3, -0.25) is 4.98 Å². The van der Waals surface area contributed by atoms with Crippen LogP contribution in [0.3, 0.4) is 0 Å². The number of hydrogen-bond donors (Lipinski definition) is 1. The number of nitrogens with zero attached hydrogens (tertiary/aromatic N) is 4. The van der Waals surface area contributed by atoms with Crippen LogP contribution >= 0.6 is 0 Å². The number of rotatable bonds is 5. The summed E-state index contributed by atoms with van der Waals surface area (Å²) < 4.78 is 4.35. The summed E-state index contributed by atoms with van der Waals surface area (Å²) in [6.45, 7) is 5.15. The molecule has 0 fully saturated rings. The quantitative estimate of drug-likeness (QED) is 0.524. The molecule has 1 atom stereocenters. The predicted octanol–water partition coefficient (Wildman–Crippen LogP) is 4.84. The van der Waals surface area contributed by atoms with Crippen molar-refractivity contribution in [1.29, 1.82) is 0 Å². The Morgan fingerprint density at radius 1 is 1.07 bits per heavy atom. The summed E-state index contributed by atoms with van der Waals surface area (Å²) in [6.07, 6.45) is 11.3. The summed E-state index contributed by atoms with van der Waals surface area (Å²) >= 11 is 0. The largest absolute Gasteiger partial charge is 0.318 e. The Hall–Kier alpha value is -3.18. The number of nitrogens with one attached hydrogen (secondary N) is 1. The van der Waals surface area contributed by atoms with Gasteiger partial charge in [-0.15, -0.1) is 0 Å². The van der Waals surface area contributed by atoms with E-state index in [0.29, 0.717) is 6.04 Å². The molecule has 5 heteroatoms. The summed E-state index contributed by atoms with van der Waals surface area (Å²) in [4.78, 5) is 4.25. The van der Waals surface area contributed by atoms with Gasteiger partial charge in [0, 0.05) is 41.9 Å². The van der Waals surface area contributed by atoms with Gasteiger partial charge in [-0.2, -0.15) is 5.10 Å². The molecule has 0 saturated carbocycles. The summed E-state index contributed by atoms with van der Waals surface area (Å²) in [6, 6.07) is 15.1. The third-order valence-electron chi connectivity index (χ3n) is 6.27. The zero-order valence-corrected chi connectivity index (χ0v) is 17.5. The van der Waals surface area contributed by atoms with Gasteiger partial charge < -0.3 is 9.88 Å². The van der Waals surface area contributed by atoms with Crippen molar-refractivity contribution in [2.45, 2.75) is 45.7 Å². The third kappa shape index (κ3) is 3.35. The minimum absolute atomic E-state index is 0.324. The second-order valence-electron chi connectivity index (χ2n) is 8.08. The van der Waals surface area contributed by atoms with Gasteiger partial charge in [-0.1, -0.05) is 12.1 Å². The Labute approximate surface area is 177 Å². The van der Waals surface area contributed by atoms with Crippen molar-refractivity contribution in [3.05, 3.63) is 95.3 Å². The number of aromatic nitrogens is 4. The van der Waals surface area contributed by atoms with Crippen LogP contribution in [0.25, 0.3) is 11.4 Å². The zero-order valence-electron chi connectivity index (χ0n) is 17.5. The summed E-state index contributed by atoms with van der Waals surface area (Å²) in [5.74, 6) is 0. The van der Waals surface area contributed by atoms with E-state index >= 15 is 0 Å². The van der Waals surface area contributed by atoms with Crippen LogP contribution in [0.1, 0.15) is 47.0 Å². The first-order valence-corrected chi connectivity index (χ1v) is 10.7. The van der Waals surface area contributed by atoms with Crippen molar-refractivity contribution in [3.63, 3.8) is 0 Å². The van der Waals surface area contributed by atoms with E-state index in [1.807, 2.05) is 18.5 Å². The highest BCUT2D eigenvalue weighted by atomic mass is 15.3.